The van der Waals surface area contributed by atoms with Crippen molar-refractivity contribution < 1.29 is 24.3 Å². The Hall–Kier alpha value is -2.59. The van der Waals surface area contributed by atoms with E-state index in [9.17, 15) is 24.3 Å². The predicted molar refractivity (Wildman–Crippen MR) is 143 cm³/mol. The van der Waals surface area contributed by atoms with Crippen molar-refractivity contribution in [1.82, 2.24) is 16.0 Å². The van der Waals surface area contributed by atoms with Crippen LogP contribution in [0.15, 0.2) is 30.3 Å². The van der Waals surface area contributed by atoms with Crippen molar-refractivity contribution in [3.05, 3.63) is 35.9 Å². The number of carbonyl (C=O) groups is 4. The Labute approximate surface area is 218 Å². The topological polar surface area (TPSA) is 151 Å². The average Bonchev–Trinajstić information content (AvgIpc) is 2.83. The molecule has 0 fully saturated rings. The summed E-state index contributed by atoms with van der Waals surface area (Å²) in [5.41, 5.74) is 6.82. The van der Waals surface area contributed by atoms with E-state index in [0.717, 1.165) is 5.56 Å². The molecular formula is C26H42N4O5S. The highest BCUT2D eigenvalue weighted by molar-refractivity contribution is 7.98. The number of hydrogen-bond donors (Lipinski definition) is 5. The van der Waals surface area contributed by atoms with Gasteiger partial charge in [0.05, 0.1) is 6.04 Å². The molecule has 1 aromatic carbocycles. The Morgan fingerprint density at radius 2 is 1.56 bits per heavy atom. The molecule has 5 unspecified atom stereocenters. The number of benzene rings is 1. The van der Waals surface area contributed by atoms with Gasteiger partial charge in [-0.15, -0.1) is 0 Å². The molecule has 202 valence electrons. The van der Waals surface area contributed by atoms with Crippen LogP contribution in [0.3, 0.4) is 0 Å². The number of rotatable bonds is 16. The molecule has 0 saturated heterocycles. The van der Waals surface area contributed by atoms with Gasteiger partial charge >= 0.3 is 5.97 Å². The maximum absolute atomic E-state index is 13.4. The lowest BCUT2D eigenvalue weighted by Crippen LogP contribution is -2.59. The van der Waals surface area contributed by atoms with Crippen LogP contribution in [0.2, 0.25) is 0 Å². The summed E-state index contributed by atoms with van der Waals surface area (Å²) < 4.78 is 0. The molecule has 9 nitrogen and oxygen atoms in total. The minimum Gasteiger partial charge on any atom is -0.480 e. The lowest BCUT2D eigenvalue weighted by molar-refractivity contribution is -0.142. The molecule has 0 aliphatic heterocycles. The van der Waals surface area contributed by atoms with Crippen molar-refractivity contribution in [3.63, 3.8) is 0 Å². The summed E-state index contributed by atoms with van der Waals surface area (Å²) in [7, 11) is 0. The van der Waals surface area contributed by atoms with Crippen LogP contribution in [-0.2, 0) is 25.6 Å². The fourth-order valence-electron chi connectivity index (χ4n) is 3.66. The summed E-state index contributed by atoms with van der Waals surface area (Å²) >= 11 is 1.48. The van der Waals surface area contributed by atoms with Crippen LogP contribution in [0.25, 0.3) is 0 Å². The third-order valence-corrected chi connectivity index (χ3v) is 6.64. The van der Waals surface area contributed by atoms with Crippen molar-refractivity contribution in [2.45, 2.75) is 77.5 Å². The van der Waals surface area contributed by atoms with Gasteiger partial charge in [0.15, 0.2) is 0 Å². The standard InChI is InChI=1S/C26H42N4O5S/c1-6-17(4)22(30-23(31)19(27)14-16(2)3)25(33)29-21(15-18-10-8-7-9-11-18)24(32)28-20(26(34)35)12-13-36-5/h7-11,16-17,19-22H,6,12-15,27H2,1-5H3,(H,28,32)(H,29,33)(H,30,31)(H,34,35). The Balaban J connectivity index is 3.12. The molecule has 0 radical (unpaired) electrons. The maximum Gasteiger partial charge on any atom is 0.326 e. The summed E-state index contributed by atoms with van der Waals surface area (Å²) in [5, 5.41) is 17.6. The third kappa shape index (κ3) is 11.0. The zero-order valence-corrected chi connectivity index (χ0v) is 22.8. The predicted octanol–water partition coefficient (Wildman–Crippen LogP) is 1.94. The number of nitrogens with two attached hydrogens (primary N) is 1. The molecule has 6 N–H and O–H groups in total. The summed E-state index contributed by atoms with van der Waals surface area (Å²) in [6.45, 7) is 7.67. The molecule has 0 aliphatic carbocycles. The van der Waals surface area contributed by atoms with Crippen molar-refractivity contribution in [1.29, 1.82) is 0 Å². The maximum atomic E-state index is 13.4. The molecule has 10 heteroatoms. The molecule has 36 heavy (non-hydrogen) atoms. The van der Waals surface area contributed by atoms with Gasteiger partial charge in [0.1, 0.15) is 18.1 Å². The Bertz CT molecular complexity index is 852. The molecule has 3 amide bonds. The number of carbonyl (C=O) groups excluding carboxylic acids is 3. The van der Waals surface area contributed by atoms with Gasteiger partial charge in [-0.3, -0.25) is 14.4 Å². The van der Waals surface area contributed by atoms with E-state index >= 15 is 0 Å². The first-order valence-corrected chi connectivity index (χ1v) is 13.8. The fraction of sp³-hybridized carbons (Fsp3) is 0.615. The minimum absolute atomic E-state index is 0.168. The van der Waals surface area contributed by atoms with Crippen molar-refractivity contribution in [2.75, 3.05) is 12.0 Å². The van der Waals surface area contributed by atoms with Crippen LogP contribution in [0.5, 0.6) is 0 Å². The van der Waals surface area contributed by atoms with Crippen LogP contribution in [-0.4, -0.2) is 65.0 Å². The normalized spacial score (nSPS) is 15.3. The number of amides is 3. The molecule has 0 heterocycles. The molecule has 1 rings (SSSR count). The molecular weight excluding hydrogens is 480 g/mol. The number of thioether (sulfide) groups is 1. The van der Waals surface area contributed by atoms with Crippen molar-refractivity contribution in [3.8, 4) is 0 Å². The zero-order chi connectivity index (χ0) is 27.3. The van der Waals surface area contributed by atoms with E-state index in [-0.39, 0.29) is 24.7 Å². The van der Waals surface area contributed by atoms with E-state index in [0.29, 0.717) is 18.6 Å². The molecule has 1 aromatic rings. The van der Waals surface area contributed by atoms with Crippen LogP contribution in [0.4, 0.5) is 0 Å². The van der Waals surface area contributed by atoms with E-state index in [2.05, 4.69) is 16.0 Å². The first kappa shape index (κ1) is 31.4. The first-order valence-electron chi connectivity index (χ1n) is 12.4. The van der Waals surface area contributed by atoms with Gasteiger partial charge in [0, 0.05) is 6.42 Å². The Morgan fingerprint density at radius 1 is 0.944 bits per heavy atom. The van der Waals surface area contributed by atoms with Gasteiger partial charge in [0.25, 0.3) is 0 Å². The average molecular weight is 523 g/mol. The Morgan fingerprint density at radius 3 is 2.08 bits per heavy atom. The van der Waals surface area contributed by atoms with Crippen molar-refractivity contribution >= 4 is 35.5 Å². The molecule has 0 aliphatic rings. The minimum atomic E-state index is -1.13. The highest BCUT2D eigenvalue weighted by Gasteiger charge is 2.32. The van der Waals surface area contributed by atoms with E-state index in [1.54, 1.807) is 0 Å². The van der Waals surface area contributed by atoms with Crippen molar-refractivity contribution in [2.24, 2.45) is 17.6 Å². The molecule has 5 atom stereocenters. The highest BCUT2D eigenvalue weighted by atomic mass is 32.2. The quantitative estimate of drug-likeness (QED) is 0.223. The highest BCUT2D eigenvalue weighted by Crippen LogP contribution is 2.12. The van der Waals surface area contributed by atoms with Crippen LogP contribution in [0.1, 0.15) is 52.5 Å². The number of nitrogens with one attached hydrogen (secondary N) is 3. The number of carboxylic acid groups (broad SMARTS) is 1. The first-order chi connectivity index (χ1) is 17.0. The van der Waals surface area contributed by atoms with E-state index in [1.807, 2.05) is 64.3 Å². The fourth-order valence-corrected chi connectivity index (χ4v) is 4.13. The summed E-state index contributed by atoms with van der Waals surface area (Å²) in [4.78, 5) is 50.9. The van der Waals surface area contributed by atoms with Gasteiger partial charge in [0.2, 0.25) is 17.7 Å². The van der Waals surface area contributed by atoms with Gasteiger partial charge in [-0.25, -0.2) is 4.79 Å². The number of aliphatic carboxylic acids is 1. The second kappa shape index (κ2) is 16.2. The summed E-state index contributed by atoms with van der Waals surface area (Å²) in [6.07, 6.45) is 3.37. The van der Waals surface area contributed by atoms with E-state index in [4.69, 9.17) is 5.73 Å². The van der Waals surface area contributed by atoms with Gasteiger partial charge in [-0.1, -0.05) is 64.4 Å². The molecule has 0 bridgehead atoms. The second-order valence-electron chi connectivity index (χ2n) is 9.54. The van der Waals surface area contributed by atoms with Crippen LogP contribution < -0.4 is 21.7 Å². The van der Waals surface area contributed by atoms with E-state index in [1.165, 1.54) is 11.8 Å². The largest absolute Gasteiger partial charge is 0.480 e. The lowest BCUT2D eigenvalue weighted by atomic mass is 9.96. The molecule has 0 spiro atoms. The van der Waals surface area contributed by atoms with Gasteiger partial charge in [-0.05, 0) is 42.2 Å². The van der Waals surface area contributed by atoms with Gasteiger partial charge < -0.3 is 26.8 Å². The zero-order valence-electron chi connectivity index (χ0n) is 22.0. The van der Waals surface area contributed by atoms with Gasteiger partial charge in [-0.2, -0.15) is 11.8 Å². The third-order valence-electron chi connectivity index (χ3n) is 6.00. The summed E-state index contributed by atoms with van der Waals surface area (Å²) in [6, 6.07) is 5.41. The number of carboxylic acids is 1. The monoisotopic (exact) mass is 522 g/mol. The van der Waals surface area contributed by atoms with E-state index < -0.39 is 47.9 Å². The van der Waals surface area contributed by atoms with Crippen LogP contribution in [0, 0.1) is 11.8 Å². The summed E-state index contributed by atoms with van der Waals surface area (Å²) in [5.74, 6) is -2.09. The molecule has 0 aromatic heterocycles. The lowest BCUT2D eigenvalue weighted by Gasteiger charge is -2.28. The smallest absolute Gasteiger partial charge is 0.326 e. The number of hydrogen-bond acceptors (Lipinski definition) is 6. The van der Waals surface area contributed by atoms with Crippen LogP contribution >= 0.6 is 11.8 Å². The Kier molecular flexibility index (Phi) is 14.2. The molecule has 0 saturated carbocycles. The SMILES string of the molecule is CCC(C)C(NC(=O)C(N)CC(C)C)C(=O)NC(Cc1ccccc1)C(=O)NC(CCSC)C(=O)O. The second-order valence-corrected chi connectivity index (χ2v) is 10.5.